The van der Waals surface area contributed by atoms with E-state index in [0.29, 0.717) is 41.9 Å². The van der Waals surface area contributed by atoms with E-state index in [0.717, 1.165) is 45.7 Å². The highest BCUT2D eigenvalue weighted by molar-refractivity contribution is 6.38. The molecule has 0 spiro atoms. The highest BCUT2D eigenvalue weighted by atomic mass is 35.5. The predicted molar refractivity (Wildman–Crippen MR) is 152 cm³/mol. The molecule has 5 rings (SSSR count). The van der Waals surface area contributed by atoms with Crippen molar-refractivity contribution in [2.24, 2.45) is 0 Å². The minimum Gasteiger partial charge on any atom is -0.497 e. The minimum absolute atomic E-state index is 0.0865. The van der Waals surface area contributed by atoms with Gasteiger partial charge in [0.05, 0.1) is 35.1 Å². The second-order valence-corrected chi connectivity index (χ2v) is 9.90. The highest BCUT2D eigenvalue weighted by Gasteiger charge is 2.23. The first-order chi connectivity index (χ1) is 18.4. The molecule has 8 nitrogen and oxygen atoms in total. The Labute approximate surface area is 231 Å². The second kappa shape index (κ2) is 11.5. The summed E-state index contributed by atoms with van der Waals surface area (Å²) >= 11 is 12.7. The van der Waals surface area contributed by atoms with E-state index in [9.17, 15) is 4.79 Å². The van der Waals surface area contributed by atoms with Crippen molar-refractivity contribution in [1.82, 2.24) is 19.9 Å². The van der Waals surface area contributed by atoms with Crippen LogP contribution < -0.4 is 15.0 Å². The second-order valence-electron chi connectivity index (χ2n) is 9.09. The van der Waals surface area contributed by atoms with Crippen LogP contribution in [0.25, 0.3) is 22.0 Å². The lowest BCUT2D eigenvalue weighted by Crippen LogP contribution is -2.48. The summed E-state index contributed by atoms with van der Waals surface area (Å²) in [6.07, 6.45) is 5.71. The molecule has 2 aromatic carbocycles. The number of carbonyl (C=O) groups excluding carboxylic acids is 1. The van der Waals surface area contributed by atoms with Crippen molar-refractivity contribution >= 4 is 51.3 Å². The average Bonchev–Trinajstić information content (AvgIpc) is 2.93. The van der Waals surface area contributed by atoms with E-state index >= 15 is 0 Å². The molecule has 4 aromatic rings. The van der Waals surface area contributed by atoms with Gasteiger partial charge in [-0.1, -0.05) is 36.2 Å². The van der Waals surface area contributed by atoms with Gasteiger partial charge >= 0.3 is 0 Å². The monoisotopic (exact) mass is 550 g/mol. The maximum Gasteiger partial charge on any atom is 0.238 e. The molecule has 196 valence electrons. The van der Waals surface area contributed by atoms with Gasteiger partial charge in [0.1, 0.15) is 11.6 Å². The Kier molecular flexibility index (Phi) is 7.93. The first-order valence-electron chi connectivity index (χ1n) is 12.5. The number of piperazine rings is 1. The molecule has 38 heavy (non-hydrogen) atoms. The van der Waals surface area contributed by atoms with Gasteiger partial charge in [-0.15, -0.1) is 0 Å². The number of methoxy groups -OCH3 is 1. The molecule has 0 bridgehead atoms. The van der Waals surface area contributed by atoms with Crippen molar-refractivity contribution in [3.05, 3.63) is 70.9 Å². The minimum atomic E-state index is -0.0865. The van der Waals surface area contributed by atoms with Crippen LogP contribution in [0.1, 0.15) is 12.7 Å². The van der Waals surface area contributed by atoms with Crippen LogP contribution in [-0.2, 0) is 11.2 Å². The molecule has 0 saturated carbocycles. The van der Waals surface area contributed by atoms with Gasteiger partial charge in [-0.3, -0.25) is 14.7 Å². The first kappa shape index (κ1) is 26.2. The van der Waals surface area contributed by atoms with E-state index in [1.807, 2.05) is 37.3 Å². The molecule has 0 unspecified atom stereocenters. The fourth-order valence-corrected chi connectivity index (χ4v) is 5.28. The third-order valence-corrected chi connectivity index (χ3v) is 7.19. The van der Waals surface area contributed by atoms with Gasteiger partial charge in [0, 0.05) is 67.8 Å². The summed E-state index contributed by atoms with van der Waals surface area (Å²) in [6, 6.07) is 11.8. The fraction of sp³-hybridized carbons (Fsp3) is 0.286. The molecule has 1 N–H and O–H groups in total. The number of hydrogen-bond donors (Lipinski definition) is 1. The summed E-state index contributed by atoms with van der Waals surface area (Å²) < 4.78 is 5.44. The van der Waals surface area contributed by atoms with Crippen molar-refractivity contribution in [3.63, 3.8) is 0 Å². The molecular formula is C28H28Cl2N6O2. The van der Waals surface area contributed by atoms with Gasteiger partial charge in [-0.05, 0) is 35.7 Å². The first-order valence-corrected chi connectivity index (χ1v) is 13.2. The molecular weight excluding hydrogens is 523 g/mol. The number of ether oxygens (including phenoxy) is 1. The smallest absolute Gasteiger partial charge is 0.238 e. The van der Waals surface area contributed by atoms with E-state index < -0.39 is 0 Å². The van der Waals surface area contributed by atoms with Gasteiger partial charge in [-0.25, -0.2) is 9.97 Å². The molecule has 1 aliphatic rings. The number of fused-ring (bicyclic) bond motifs is 1. The number of aromatic nitrogens is 3. The molecule has 1 saturated heterocycles. The van der Waals surface area contributed by atoms with Crippen molar-refractivity contribution in [2.75, 3.05) is 50.1 Å². The van der Waals surface area contributed by atoms with Crippen molar-refractivity contribution in [3.8, 4) is 17.0 Å². The normalized spacial score (nSPS) is 14.1. The van der Waals surface area contributed by atoms with Crippen LogP contribution in [-0.4, -0.2) is 65.6 Å². The van der Waals surface area contributed by atoms with Gasteiger partial charge in [0.15, 0.2) is 0 Å². The SMILES string of the molecule is CCc1nccc(-c2cc(NC(=O)CN3CCN(c4c(Cl)cncc4Cl)CC3)c3cc(OC)ccc3c2)n1. The number of hydrogen-bond acceptors (Lipinski definition) is 7. The molecule has 3 heterocycles. The van der Waals surface area contributed by atoms with Gasteiger partial charge in [0.25, 0.3) is 0 Å². The van der Waals surface area contributed by atoms with Crippen LogP contribution in [0.15, 0.2) is 55.0 Å². The summed E-state index contributed by atoms with van der Waals surface area (Å²) in [5.74, 6) is 1.41. The number of halogens is 2. The van der Waals surface area contributed by atoms with Crippen molar-refractivity contribution < 1.29 is 9.53 Å². The van der Waals surface area contributed by atoms with E-state index in [2.05, 4.69) is 36.1 Å². The van der Waals surface area contributed by atoms with Crippen molar-refractivity contribution in [2.45, 2.75) is 13.3 Å². The maximum absolute atomic E-state index is 13.2. The summed E-state index contributed by atoms with van der Waals surface area (Å²) in [6.45, 7) is 5.13. The molecule has 0 atom stereocenters. The van der Waals surface area contributed by atoms with Gasteiger partial charge < -0.3 is 15.0 Å². The summed E-state index contributed by atoms with van der Waals surface area (Å²) in [7, 11) is 1.63. The topological polar surface area (TPSA) is 83.5 Å². The lowest BCUT2D eigenvalue weighted by atomic mass is 10.0. The molecule has 1 fully saturated rings. The van der Waals surface area contributed by atoms with E-state index in [-0.39, 0.29) is 12.5 Å². The molecule has 2 aromatic heterocycles. The number of rotatable bonds is 7. The van der Waals surface area contributed by atoms with Crippen LogP contribution in [0.4, 0.5) is 11.4 Å². The van der Waals surface area contributed by atoms with Crippen molar-refractivity contribution in [1.29, 1.82) is 0 Å². The lowest BCUT2D eigenvalue weighted by molar-refractivity contribution is -0.117. The number of nitrogens with one attached hydrogen (secondary N) is 1. The van der Waals surface area contributed by atoms with Crippen LogP contribution >= 0.6 is 23.2 Å². The Morgan fingerprint density at radius 1 is 1.05 bits per heavy atom. The van der Waals surface area contributed by atoms with Crippen LogP contribution in [0, 0.1) is 0 Å². The number of benzene rings is 2. The number of pyridine rings is 1. The van der Waals surface area contributed by atoms with E-state index in [4.69, 9.17) is 27.9 Å². The van der Waals surface area contributed by atoms with Crippen LogP contribution in [0.5, 0.6) is 5.75 Å². The van der Waals surface area contributed by atoms with Crippen LogP contribution in [0.2, 0.25) is 10.0 Å². The average molecular weight is 551 g/mol. The zero-order valence-electron chi connectivity index (χ0n) is 21.2. The number of aryl methyl sites for hydroxylation is 1. The summed E-state index contributed by atoms with van der Waals surface area (Å²) in [5, 5.41) is 6.08. The quantitative estimate of drug-likeness (QED) is 0.333. The Morgan fingerprint density at radius 3 is 2.53 bits per heavy atom. The third-order valence-electron chi connectivity index (χ3n) is 6.64. The van der Waals surface area contributed by atoms with Gasteiger partial charge in [0.2, 0.25) is 5.91 Å². The molecule has 10 heteroatoms. The fourth-order valence-electron chi connectivity index (χ4n) is 4.67. The molecule has 0 radical (unpaired) electrons. The third kappa shape index (κ3) is 5.67. The molecule has 1 amide bonds. The number of anilines is 2. The Bertz CT molecular complexity index is 1450. The standard InChI is InChI=1S/C28H28Cl2N6O2/c1-3-26-32-7-6-24(33-26)19-12-18-4-5-20(38-2)14-21(18)25(13-19)34-27(37)17-35-8-10-36(11-9-35)28-22(29)15-31-16-23(28)30/h4-7,12-16H,3,8-11,17H2,1-2H3,(H,34,37). The Balaban J connectivity index is 1.34. The summed E-state index contributed by atoms with van der Waals surface area (Å²) in [5.41, 5.74) is 3.23. The number of nitrogens with zero attached hydrogens (tertiary/aromatic N) is 5. The Hall–Kier alpha value is -3.46. The Morgan fingerprint density at radius 2 is 1.82 bits per heavy atom. The predicted octanol–water partition coefficient (Wildman–Crippen LogP) is 5.33. The summed E-state index contributed by atoms with van der Waals surface area (Å²) in [4.78, 5) is 30.5. The maximum atomic E-state index is 13.2. The lowest BCUT2D eigenvalue weighted by Gasteiger charge is -2.36. The zero-order valence-corrected chi connectivity index (χ0v) is 22.8. The number of amides is 1. The largest absolute Gasteiger partial charge is 0.497 e. The highest BCUT2D eigenvalue weighted by Crippen LogP contribution is 2.34. The van der Waals surface area contributed by atoms with E-state index in [1.165, 1.54) is 0 Å². The van der Waals surface area contributed by atoms with E-state index in [1.54, 1.807) is 25.7 Å². The molecule has 0 aliphatic carbocycles. The van der Waals surface area contributed by atoms with Gasteiger partial charge in [-0.2, -0.15) is 0 Å². The van der Waals surface area contributed by atoms with Crippen LogP contribution in [0.3, 0.4) is 0 Å². The zero-order chi connectivity index (χ0) is 26.6. The molecule has 1 aliphatic heterocycles. The number of carbonyl (C=O) groups is 1.